The first-order chi connectivity index (χ1) is 18.8. The van der Waals surface area contributed by atoms with Crippen LogP contribution in [0.15, 0.2) is 115 Å². The van der Waals surface area contributed by atoms with Crippen molar-refractivity contribution >= 4 is 43.6 Å². The molecule has 0 aliphatic rings. The van der Waals surface area contributed by atoms with Gasteiger partial charge in [-0.2, -0.15) is 0 Å². The molecule has 0 bridgehead atoms. The van der Waals surface area contributed by atoms with Crippen LogP contribution in [-0.2, 0) is 0 Å². The van der Waals surface area contributed by atoms with E-state index in [0.29, 0.717) is 5.56 Å². The van der Waals surface area contributed by atoms with Gasteiger partial charge in [0.2, 0.25) is 0 Å². The van der Waals surface area contributed by atoms with E-state index in [9.17, 15) is 0 Å². The van der Waals surface area contributed by atoms with E-state index in [0.717, 1.165) is 27.5 Å². The molecule has 0 amide bonds. The van der Waals surface area contributed by atoms with Gasteiger partial charge in [0, 0.05) is 38.3 Å². The minimum Gasteiger partial charge on any atom is -0.355 e. The SMILES string of the molecule is [2H]c1c([2H])c([2H])c2c([nH]c3c([2H])c([2H])c(-c4ccc5c(c4)c4ccccc4n5-c4ccccc4)c([2H])c32)c1[2H]. The molecule has 32 heavy (non-hydrogen) atoms. The Morgan fingerprint density at radius 3 is 2.31 bits per heavy atom. The quantitative estimate of drug-likeness (QED) is 0.295. The topological polar surface area (TPSA) is 20.7 Å². The Morgan fingerprint density at radius 1 is 0.594 bits per heavy atom. The number of para-hydroxylation sites is 3. The molecule has 0 atom stereocenters. The second-order valence-electron chi connectivity index (χ2n) is 7.80. The van der Waals surface area contributed by atoms with Gasteiger partial charge in [0.05, 0.1) is 20.6 Å². The van der Waals surface area contributed by atoms with E-state index in [-0.39, 0.29) is 63.6 Å². The Labute approximate surface area is 195 Å². The lowest BCUT2D eigenvalue weighted by Crippen LogP contribution is -1.92. The standard InChI is InChI=1S/C30H20N2/c1-2-8-22(9-3-1)32-29-13-7-5-11-24(29)26-19-21(15-17-30(26)32)20-14-16-28-25(18-20)23-10-4-6-12-27(23)31-28/h1-19,31H/i4D,6D,10D,12D,14D,16D,18D. The van der Waals surface area contributed by atoms with Crippen LogP contribution in [0.3, 0.4) is 0 Å². The predicted octanol–water partition coefficient (Wildman–Crippen LogP) is 8.09. The molecule has 2 aromatic heterocycles. The number of H-pyrrole nitrogens is 1. The van der Waals surface area contributed by atoms with Gasteiger partial charge in [-0.15, -0.1) is 0 Å². The number of nitrogens with zero attached hydrogens (tertiary/aromatic N) is 1. The van der Waals surface area contributed by atoms with Crippen LogP contribution in [0.4, 0.5) is 0 Å². The van der Waals surface area contributed by atoms with Crippen LogP contribution in [0.25, 0.3) is 60.4 Å². The monoisotopic (exact) mass is 415 g/mol. The average Bonchev–Trinajstić information content (AvgIpc) is 3.52. The summed E-state index contributed by atoms with van der Waals surface area (Å²) in [7, 11) is 0. The van der Waals surface area contributed by atoms with Crippen LogP contribution in [0.2, 0.25) is 0 Å². The molecular weight excluding hydrogens is 388 g/mol. The molecule has 2 heterocycles. The molecule has 0 fully saturated rings. The molecule has 0 aliphatic heterocycles. The lowest BCUT2D eigenvalue weighted by Gasteiger charge is -2.08. The van der Waals surface area contributed by atoms with Crippen molar-refractivity contribution in [1.29, 1.82) is 0 Å². The Hall–Kier alpha value is -4.30. The van der Waals surface area contributed by atoms with Gasteiger partial charge in [0.15, 0.2) is 0 Å². The Kier molecular flexibility index (Phi) is 2.46. The highest BCUT2D eigenvalue weighted by molar-refractivity contribution is 6.11. The van der Waals surface area contributed by atoms with Gasteiger partial charge in [-0.1, -0.05) is 66.6 Å². The van der Waals surface area contributed by atoms with Crippen molar-refractivity contribution in [3.05, 3.63) is 115 Å². The first kappa shape index (κ1) is 11.9. The average molecular weight is 416 g/mol. The number of rotatable bonds is 2. The zero-order valence-corrected chi connectivity index (χ0v) is 16.9. The Bertz CT molecular complexity index is 2140. The van der Waals surface area contributed by atoms with Gasteiger partial charge >= 0.3 is 0 Å². The Morgan fingerprint density at radius 2 is 1.38 bits per heavy atom. The molecule has 7 aromatic rings. The minimum atomic E-state index is -0.397. The largest absolute Gasteiger partial charge is 0.355 e. The van der Waals surface area contributed by atoms with E-state index < -0.39 is 6.04 Å². The zero-order chi connectivity index (χ0) is 27.2. The van der Waals surface area contributed by atoms with E-state index in [2.05, 4.69) is 15.6 Å². The molecule has 0 unspecified atom stereocenters. The lowest BCUT2D eigenvalue weighted by atomic mass is 10.0. The van der Waals surface area contributed by atoms with E-state index in [1.807, 2.05) is 66.7 Å². The molecular formula is C30H20N2. The highest BCUT2D eigenvalue weighted by Crippen LogP contribution is 2.36. The summed E-state index contributed by atoms with van der Waals surface area (Å²) in [5.41, 5.74) is 4.16. The van der Waals surface area contributed by atoms with Crippen molar-refractivity contribution in [1.82, 2.24) is 9.55 Å². The van der Waals surface area contributed by atoms with Crippen LogP contribution in [0.5, 0.6) is 0 Å². The van der Waals surface area contributed by atoms with Crippen LogP contribution < -0.4 is 0 Å². The summed E-state index contributed by atoms with van der Waals surface area (Å²) in [6.07, 6.45) is 0. The Balaban J connectivity index is 1.58. The van der Waals surface area contributed by atoms with Crippen molar-refractivity contribution in [3.8, 4) is 16.8 Å². The second-order valence-corrected chi connectivity index (χ2v) is 7.80. The highest BCUT2D eigenvalue weighted by atomic mass is 15.0. The summed E-state index contributed by atoms with van der Waals surface area (Å²) in [4.78, 5) is 2.92. The zero-order valence-electron chi connectivity index (χ0n) is 23.9. The van der Waals surface area contributed by atoms with Gasteiger partial charge < -0.3 is 9.55 Å². The smallest absolute Gasteiger partial charge is 0.0645 e. The molecule has 5 aromatic carbocycles. The first-order valence-electron chi connectivity index (χ1n) is 13.9. The van der Waals surface area contributed by atoms with Crippen molar-refractivity contribution in [2.45, 2.75) is 0 Å². The van der Waals surface area contributed by atoms with Crippen molar-refractivity contribution < 1.29 is 9.60 Å². The molecule has 1 N–H and O–H groups in total. The van der Waals surface area contributed by atoms with E-state index in [1.165, 1.54) is 0 Å². The lowest BCUT2D eigenvalue weighted by molar-refractivity contribution is 1.18. The van der Waals surface area contributed by atoms with E-state index in [4.69, 9.17) is 9.60 Å². The molecule has 150 valence electrons. The molecule has 0 aliphatic carbocycles. The molecule has 0 saturated heterocycles. The maximum absolute atomic E-state index is 9.13. The summed E-state index contributed by atoms with van der Waals surface area (Å²) in [6, 6.07) is 22.2. The molecule has 0 spiro atoms. The fourth-order valence-corrected chi connectivity index (χ4v) is 4.53. The van der Waals surface area contributed by atoms with Crippen LogP contribution in [0.1, 0.15) is 9.60 Å². The van der Waals surface area contributed by atoms with Crippen molar-refractivity contribution in [2.75, 3.05) is 0 Å². The summed E-state index contributed by atoms with van der Waals surface area (Å²) in [5.74, 6) is 0. The summed E-state index contributed by atoms with van der Waals surface area (Å²) in [5, 5.41) is 2.35. The van der Waals surface area contributed by atoms with E-state index >= 15 is 0 Å². The number of aromatic amines is 1. The van der Waals surface area contributed by atoms with Crippen LogP contribution in [-0.4, -0.2) is 9.55 Å². The third-order valence-electron chi connectivity index (χ3n) is 5.98. The number of hydrogen-bond donors (Lipinski definition) is 1. The number of aromatic nitrogens is 2. The molecule has 7 rings (SSSR count). The highest BCUT2D eigenvalue weighted by Gasteiger charge is 2.13. The van der Waals surface area contributed by atoms with Crippen molar-refractivity contribution in [3.63, 3.8) is 0 Å². The van der Waals surface area contributed by atoms with Crippen LogP contribution >= 0.6 is 0 Å². The fourth-order valence-electron chi connectivity index (χ4n) is 4.53. The molecule has 2 nitrogen and oxygen atoms in total. The first-order valence-corrected chi connectivity index (χ1v) is 10.4. The van der Waals surface area contributed by atoms with Gasteiger partial charge in [0.25, 0.3) is 0 Å². The number of nitrogens with one attached hydrogen (secondary N) is 1. The minimum absolute atomic E-state index is 0.0478. The predicted molar refractivity (Wildman–Crippen MR) is 136 cm³/mol. The molecule has 2 heteroatoms. The van der Waals surface area contributed by atoms with E-state index in [1.54, 1.807) is 0 Å². The normalized spacial score (nSPS) is 14.8. The maximum atomic E-state index is 9.13. The van der Waals surface area contributed by atoms with Crippen molar-refractivity contribution in [2.24, 2.45) is 0 Å². The van der Waals surface area contributed by atoms with Gasteiger partial charge in [-0.05, 0) is 59.6 Å². The second kappa shape index (κ2) is 6.60. The van der Waals surface area contributed by atoms with Gasteiger partial charge in [-0.25, -0.2) is 0 Å². The van der Waals surface area contributed by atoms with Crippen LogP contribution in [0, 0.1) is 0 Å². The van der Waals surface area contributed by atoms with Gasteiger partial charge in [-0.3, -0.25) is 0 Å². The molecule has 0 radical (unpaired) electrons. The number of hydrogen-bond acceptors (Lipinski definition) is 0. The fraction of sp³-hybridized carbons (Fsp3) is 0. The number of fused-ring (bicyclic) bond motifs is 6. The third-order valence-corrected chi connectivity index (χ3v) is 5.98. The summed E-state index contributed by atoms with van der Waals surface area (Å²) >= 11 is 0. The number of benzene rings is 5. The maximum Gasteiger partial charge on any atom is 0.0645 e. The third kappa shape index (κ3) is 2.47. The molecule has 0 saturated carbocycles. The summed E-state index contributed by atoms with van der Waals surface area (Å²) < 4.78 is 61.9. The summed E-state index contributed by atoms with van der Waals surface area (Å²) in [6.45, 7) is 0. The van der Waals surface area contributed by atoms with Gasteiger partial charge in [0.1, 0.15) is 0 Å².